The van der Waals surface area contributed by atoms with E-state index in [1.807, 2.05) is 19.2 Å². The molecule has 1 fully saturated rings. The van der Waals surface area contributed by atoms with Crippen molar-refractivity contribution in [2.24, 2.45) is 5.92 Å². The van der Waals surface area contributed by atoms with Crippen molar-refractivity contribution in [3.05, 3.63) is 24.2 Å². The molecule has 1 aliphatic rings. The van der Waals surface area contributed by atoms with Gasteiger partial charge in [-0.2, -0.15) is 0 Å². The Morgan fingerprint density at radius 1 is 1.45 bits per heavy atom. The molecule has 20 heavy (non-hydrogen) atoms. The first-order chi connectivity index (χ1) is 9.74. The van der Waals surface area contributed by atoms with E-state index in [4.69, 9.17) is 13.9 Å². The van der Waals surface area contributed by atoms with Gasteiger partial charge in [0, 0.05) is 26.3 Å². The fourth-order valence-corrected chi connectivity index (χ4v) is 2.55. The summed E-state index contributed by atoms with van der Waals surface area (Å²) in [7, 11) is 2.05. The van der Waals surface area contributed by atoms with E-state index in [1.165, 1.54) is 0 Å². The zero-order valence-corrected chi connectivity index (χ0v) is 12.2. The van der Waals surface area contributed by atoms with Crippen molar-refractivity contribution in [3.8, 4) is 0 Å². The second kappa shape index (κ2) is 8.42. The molecule has 1 unspecified atom stereocenters. The Hall–Kier alpha value is -0.880. The molecule has 0 aliphatic carbocycles. The van der Waals surface area contributed by atoms with E-state index in [0.717, 1.165) is 38.4 Å². The quantitative estimate of drug-likeness (QED) is 0.784. The maximum atomic E-state index is 9.96. The number of hydrogen-bond donors (Lipinski definition) is 1. The summed E-state index contributed by atoms with van der Waals surface area (Å²) in [6.07, 6.45) is 3.40. The van der Waals surface area contributed by atoms with Crippen molar-refractivity contribution < 1.29 is 19.0 Å². The molecule has 1 aliphatic heterocycles. The molecule has 5 heteroatoms. The average Bonchev–Trinajstić information content (AvgIpc) is 2.93. The predicted molar refractivity (Wildman–Crippen MR) is 75.4 cm³/mol. The highest BCUT2D eigenvalue weighted by Crippen LogP contribution is 2.15. The van der Waals surface area contributed by atoms with Crippen molar-refractivity contribution in [2.75, 3.05) is 40.0 Å². The summed E-state index contributed by atoms with van der Waals surface area (Å²) in [4.78, 5) is 2.18. The van der Waals surface area contributed by atoms with Crippen LogP contribution in [0.2, 0.25) is 0 Å². The lowest BCUT2D eigenvalue weighted by Crippen LogP contribution is -2.36. The molecule has 1 atom stereocenters. The lowest BCUT2D eigenvalue weighted by Gasteiger charge is -2.28. The molecule has 2 heterocycles. The molecular formula is C15H25NO4. The molecule has 0 radical (unpaired) electrons. The molecular weight excluding hydrogens is 258 g/mol. The largest absolute Gasteiger partial charge is 0.467 e. The Bertz CT molecular complexity index is 349. The third-order valence-corrected chi connectivity index (χ3v) is 3.57. The number of aliphatic hydroxyl groups is 1. The summed E-state index contributed by atoms with van der Waals surface area (Å²) in [5, 5.41) is 9.96. The lowest BCUT2D eigenvalue weighted by molar-refractivity contribution is 0.00207. The van der Waals surface area contributed by atoms with Crippen LogP contribution < -0.4 is 0 Å². The van der Waals surface area contributed by atoms with Crippen LogP contribution in [0, 0.1) is 5.92 Å². The minimum absolute atomic E-state index is 0.332. The zero-order chi connectivity index (χ0) is 14.2. The van der Waals surface area contributed by atoms with E-state index in [2.05, 4.69) is 4.90 Å². The van der Waals surface area contributed by atoms with Gasteiger partial charge in [0.15, 0.2) is 0 Å². The number of furan rings is 1. The van der Waals surface area contributed by atoms with Gasteiger partial charge in [-0.05, 0) is 37.9 Å². The Morgan fingerprint density at radius 3 is 2.95 bits per heavy atom. The molecule has 0 spiro atoms. The highest BCUT2D eigenvalue weighted by atomic mass is 16.5. The summed E-state index contributed by atoms with van der Waals surface area (Å²) in [5.41, 5.74) is 0. The van der Waals surface area contributed by atoms with Gasteiger partial charge in [-0.1, -0.05) is 0 Å². The van der Waals surface area contributed by atoms with Gasteiger partial charge in [-0.25, -0.2) is 0 Å². The zero-order valence-electron chi connectivity index (χ0n) is 12.2. The van der Waals surface area contributed by atoms with E-state index in [9.17, 15) is 5.11 Å². The normalized spacial score (nSPS) is 18.6. The summed E-state index contributed by atoms with van der Waals surface area (Å²) >= 11 is 0. The van der Waals surface area contributed by atoms with E-state index in [-0.39, 0.29) is 0 Å². The fourth-order valence-electron chi connectivity index (χ4n) is 2.55. The second-order valence-corrected chi connectivity index (χ2v) is 5.53. The number of likely N-dealkylation sites (N-methyl/N-ethyl adjacent to an activating group) is 1. The number of nitrogens with zero attached hydrogens (tertiary/aromatic N) is 1. The summed E-state index contributed by atoms with van der Waals surface area (Å²) in [5.74, 6) is 1.47. The van der Waals surface area contributed by atoms with Crippen LogP contribution in [0.3, 0.4) is 0 Å². The third-order valence-electron chi connectivity index (χ3n) is 3.57. The molecule has 0 bridgehead atoms. The molecule has 0 aromatic carbocycles. The average molecular weight is 283 g/mol. The molecule has 1 aromatic heterocycles. The minimum Gasteiger partial charge on any atom is -0.467 e. The molecule has 1 N–H and O–H groups in total. The van der Waals surface area contributed by atoms with Gasteiger partial charge in [0.25, 0.3) is 0 Å². The molecule has 114 valence electrons. The SMILES string of the molecule is CN(CC(O)COCc1ccco1)CC1CCOCC1. The molecule has 0 amide bonds. The lowest BCUT2D eigenvalue weighted by atomic mass is 10.00. The molecule has 1 saturated heterocycles. The van der Waals surface area contributed by atoms with Gasteiger partial charge >= 0.3 is 0 Å². The van der Waals surface area contributed by atoms with Crippen LogP contribution in [0.15, 0.2) is 22.8 Å². The van der Waals surface area contributed by atoms with E-state index >= 15 is 0 Å². The fraction of sp³-hybridized carbons (Fsp3) is 0.733. The van der Waals surface area contributed by atoms with E-state index in [1.54, 1.807) is 6.26 Å². The molecule has 2 rings (SSSR count). The summed E-state index contributed by atoms with van der Waals surface area (Å²) in [6.45, 7) is 4.13. The third kappa shape index (κ3) is 5.63. The van der Waals surface area contributed by atoms with E-state index < -0.39 is 6.10 Å². The summed E-state index contributed by atoms with van der Waals surface area (Å²) in [6, 6.07) is 3.69. The first-order valence-corrected chi connectivity index (χ1v) is 7.28. The number of aliphatic hydroxyl groups excluding tert-OH is 1. The van der Waals surface area contributed by atoms with Crippen molar-refractivity contribution >= 4 is 0 Å². The summed E-state index contributed by atoms with van der Waals surface area (Å²) < 4.78 is 16.0. The number of rotatable bonds is 8. The Morgan fingerprint density at radius 2 is 2.25 bits per heavy atom. The van der Waals surface area contributed by atoms with Crippen LogP contribution in [-0.4, -0.2) is 56.1 Å². The molecule has 0 saturated carbocycles. The molecule has 5 nitrogen and oxygen atoms in total. The van der Waals surface area contributed by atoms with Gasteiger partial charge in [-0.3, -0.25) is 0 Å². The van der Waals surface area contributed by atoms with Gasteiger partial charge in [-0.15, -0.1) is 0 Å². The van der Waals surface area contributed by atoms with Crippen LogP contribution in [-0.2, 0) is 16.1 Å². The second-order valence-electron chi connectivity index (χ2n) is 5.53. The maximum Gasteiger partial charge on any atom is 0.129 e. The van der Waals surface area contributed by atoms with Crippen LogP contribution in [0.1, 0.15) is 18.6 Å². The Labute approximate surface area is 120 Å². The first kappa shape index (κ1) is 15.5. The van der Waals surface area contributed by atoms with Crippen LogP contribution in [0.25, 0.3) is 0 Å². The van der Waals surface area contributed by atoms with Gasteiger partial charge in [0.1, 0.15) is 12.4 Å². The number of ether oxygens (including phenoxy) is 2. The number of hydrogen-bond acceptors (Lipinski definition) is 5. The predicted octanol–water partition coefficient (Wildman–Crippen LogP) is 1.52. The van der Waals surface area contributed by atoms with Gasteiger partial charge in [0.05, 0.1) is 19.0 Å². The van der Waals surface area contributed by atoms with E-state index in [0.29, 0.717) is 25.7 Å². The minimum atomic E-state index is -0.463. The topological polar surface area (TPSA) is 55.1 Å². The highest BCUT2D eigenvalue weighted by molar-refractivity contribution is 4.96. The van der Waals surface area contributed by atoms with Crippen molar-refractivity contribution in [3.63, 3.8) is 0 Å². The van der Waals surface area contributed by atoms with Crippen molar-refractivity contribution in [1.82, 2.24) is 4.90 Å². The van der Waals surface area contributed by atoms with Crippen LogP contribution in [0.5, 0.6) is 0 Å². The molecule has 1 aromatic rings. The Balaban J connectivity index is 1.56. The first-order valence-electron chi connectivity index (χ1n) is 7.28. The van der Waals surface area contributed by atoms with Crippen LogP contribution >= 0.6 is 0 Å². The van der Waals surface area contributed by atoms with Crippen molar-refractivity contribution in [1.29, 1.82) is 0 Å². The van der Waals surface area contributed by atoms with Gasteiger partial charge < -0.3 is 23.9 Å². The maximum absolute atomic E-state index is 9.96. The monoisotopic (exact) mass is 283 g/mol. The van der Waals surface area contributed by atoms with Crippen LogP contribution in [0.4, 0.5) is 0 Å². The van der Waals surface area contributed by atoms with Gasteiger partial charge in [0.2, 0.25) is 0 Å². The highest BCUT2D eigenvalue weighted by Gasteiger charge is 2.17. The van der Waals surface area contributed by atoms with Crippen molar-refractivity contribution in [2.45, 2.75) is 25.6 Å². The smallest absolute Gasteiger partial charge is 0.129 e. The Kier molecular flexibility index (Phi) is 6.53. The standard InChI is InChI=1S/C15H25NO4/c1-16(9-13-4-7-18-8-5-13)10-14(17)11-19-12-15-3-2-6-20-15/h2-3,6,13-14,17H,4-5,7-12H2,1H3.